The average Bonchev–Trinajstić information content (AvgIpc) is 2.38. The van der Waals surface area contributed by atoms with Gasteiger partial charge in [0, 0.05) is 0 Å². The Kier molecular flexibility index (Phi) is 5.57. The largest absolute Gasteiger partial charge is 0.490 e. The molecule has 3 nitrogen and oxygen atoms in total. The molecule has 0 saturated carbocycles. The molecular formula is C12H11F4NO2. The molecule has 0 aliphatic rings. The summed E-state index contributed by atoms with van der Waals surface area (Å²) in [6.07, 6.45) is -3.76. The number of hydrogen-bond acceptors (Lipinski definition) is 3. The maximum Gasteiger partial charge on any atom is 0.330 e. The lowest BCUT2D eigenvalue weighted by Crippen LogP contribution is -2.33. The molecule has 1 aromatic rings. The second-order valence-corrected chi connectivity index (χ2v) is 3.57. The fourth-order valence-electron chi connectivity index (χ4n) is 1.17. The van der Waals surface area contributed by atoms with Crippen LogP contribution in [0.5, 0.6) is 5.75 Å². The van der Waals surface area contributed by atoms with E-state index < -0.39 is 19.0 Å². The van der Waals surface area contributed by atoms with E-state index in [2.05, 4.69) is 4.74 Å². The number of nitrogens with zero attached hydrogens (tertiary/aromatic N) is 1. The molecule has 1 rings (SSSR count). The zero-order valence-corrected chi connectivity index (χ0v) is 9.78. The second-order valence-electron chi connectivity index (χ2n) is 3.57. The van der Waals surface area contributed by atoms with Gasteiger partial charge < -0.3 is 9.47 Å². The Labute approximate surface area is 107 Å². The molecule has 0 aliphatic heterocycles. The molecule has 0 spiro atoms. The average molecular weight is 277 g/mol. The number of hydrogen-bond donors (Lipinski definition) is 0. The molecule has 0 unspecified atom stereocenters. The standard InChI is InChI=1S/C12H11F4NO2/c13-11(14)12(15,16)8-18-5-6-19-10-4-2-1-3-9(10)7-17/h1-4,11H,5-6,8H2. The molecule has 0 aromatic heterocycles. The van der Waals surface area contributed by atoms with E-state index in [4.69, 9.17) is 10.00 Å². The number of para-hydroxylation sites is 1. The minimum Gasteiger partial charge on any atom is -0.490 e. The van der Waals surface area contributed by atoms with Gasteiger partial charge in [0.25, 0.3) is 0 Å². The Bertz CT molecular complexity index is 446. The molecule has 0 N–H and O–H groups in total. The Morgan fingerprint density at radius 3 is 2.53 bits per heavy atom. The van der Waals surface area contributed by atoms with Crippen molar-refractivity contribution in [2.45, 2.75) is 12.3 Å². The Balaban J connectivity index is 2.31. The molecule has 0 radical (unpaired) electrons. The molecule has 0 aliphatic carbocycles. The summed E-state index contributed by atoms with van der Waals surface area (Å²) in [5.74, 6) is -3.88. The van der Waals surface area contributed by atoms with Crippen LogP contribution >= 0.6 is 0 Å². The van der Waals surface area contributed by atoms with Crippen LogP contribution in [0.4, 0.5) is 17.6 Å². The highest BCUT2D eigenvalue weighted by molar-refractivity contribution is 5.42. The molecule has 0 atom stereocenters. The van der Waals surface area contributed by atoms with Crippen molar-refractivity contribution >= 4 is 0 Å². The summed E-state index contributed by atoms with van der Waals surface area (Å²) in [6, 6.07) is 8.24. The summed E-state index contributed by atoms with van der Waals surface area (Å²) in [5, 5.41) is 8.75. The molecule has 19 heavy (non-hydrogen) atoms. The maximum atomic E-state index is 12.5. The molecule has 0 heterocycles. The van der Waals surface area contributed by atoms with Crippen LogP contribution in [0.15, 0.2) is 24.3 Å². The van der Waals surface area contributed by atoms with E-state index in [1.54, 1.807) is 12.1 Å². The van der Waals surface area contributed by atoms with E-state index >= 15 is 0 Å². The Morgan fingerprint density at radius 1 is 1.21 bits per heavy atom. The molecular weight excluding hydrogens is 266 g/mol. The van der Waals surface area contributed by atoms with E-state index in [9.17, 15) is 17.6 Å². The zero-order valence-electron chi connectivity index (χ0n) is 9.78. The molecule has 0 amide bonds. The van der Waals surface area contributed by atoms with Gasteiger partial charge in [-0.05, 0) is 12.1 Å². The summed E-state index contributed by atoms with van der Waals surface area (Å²) >= 11 is 0. The van der Waals surface area contributed by atoms with Gasteiger partial charge in [-0.1, -0.05) is 12.1 Å². The van der Waals surface area contributed by atoms with Gasteiger partial charge in [0.1, 0.15) is 25.0 Å². The predicted octanol–water partition coefficient (Wildman–Crippen LogP) is 2.85. The SMILES string of the molecule is N#Cc1ccccc1OCCOCC(F)(F)C(F)F. The van der Waals surface area contributed by atoms with Gasteiger partial charge in [-0.25, -0.2) is 8.78 Å². The van der Waals surface area contributed by atoms with E-state index in [1.165, 1.54) is 12.1 Å². The van der Waals surface area contributed by atoms with Crippen molar-refractivity contribution < 1.29 is 27.0 Å². The zero-order chi connectivity index (χ0) is 14.3. The lowest BCUT2D eigenvalue weighted by atomic mass is 10.2. The van der Waals surface area contributed by atoms with Crippen LogP contribution in [0.2, 0.25) is 0 Å². The van der Waals surface area contributed by atoms with E-state index in [-0.39, 0.29) is 19.0 Å². The minimum absolute atomic E-state index is 0.113. The van der Waals surface area contributed by atoms with Crippen LogP contribution in [0.1, 0.15) is 5.56 Å². The quantitative estimate of drug-likeness (QED) is 0.568. The monoisotopic (exact) mass is 277 g/mol. The number of alkyl halides is 4. The van der Waals surface area contributed by atoms with Crippen molar-refractivity contribution in [1.82, 2.24) is 0 Å². The van der Waals surface area contributed by atoms with Gasteiger partial charge in [-0.3, -0.25) is 0 Å². The van der Waals surface area contributed by atoms with Crippen molar-refractivity contribution in [1.29, 1.82) is 5.26 Å². The van der Waals surface area contributed by atoms with Gasteiger partial charge in [0.2, 0.25) is 0 Å². The summed E-state index contributed by atoms with van der Waals surface area (Å²) in [6.45, 7) is -1.76. The van der Waals surface area contributed by atoms with Crippen molar-refractivity contribution in [3.05, 3.63) is 29.8 Å². The first-order chi connectivity index (χ1) is 8.97. The summed E-state index contributed by atoms with van der Waals surface area (Å²) < 4.78 is 58.0. The lowest BCUT2D eigenvalue weighted by Gasteiger charge is -2.15. The topological polar surface area (TPSA) is 42.2 Å². The predicted molar refractivity (Wildman–Crippen MR) is 58.4 cm³/mol. The number of nitriles is 1. The fraction of sp³-hybridized carbons (Fsp3) is 0.417. The van der Waals surface area contributed by atoms with Gasteiger partial charge in [0.05, 0.1) is 12.2 Å². The van der Waals surface area contributed by atoms with Crippen molar-refractivity contribution in [3.8, 4) is 11.8 Å². The Hall–Kier alpha value is -1.81. The van der Waals surface area contributed by atoms with Gasteiger partial charge >= 0.3 is 12.3 Å². The summed E-state index contributed by atoms with van der Waals surface area (Å²) in [7, 11) is 0. The maximum absolute atomic E-state index is 12.5. The summed E-state index contributed by atoms with van der Waals surface area (Å²) in [4.78, 5) is 0. The van der Waals surface area contributed by atoms with E-state index in [1.807, 2.05) is 6.07 Å². The third-order valence-corrected chi connectivity index (χ3v) is 2.11. The lowest BCUT2D eigenvalue weighted by molar-refractivity contribution is -0.166. The highest BCUT2D eigenvalue weighted by Gasteiger charge is 2.40. The van der Waals surface area contributed by atoms with Crippen LogP contribution in [-0.2, 0) is 4.74 Å². The number of rotatable bonds is 7. The first-order valence-electron chi connectivity index (χ1n) is 5.33. The second kappa shape index (κ2) is 6.95. The number of halogens is 4. The third kappa shape index (κ3) is 4.75. The normalized spacial score (nSPS) is 11.4. The van der Waals surface area contributed by atoms with Crippen LogP contribution in [0.3, 0.4) is 0 Å². The molecule has 0 bridgehead atoms. The number of benzene rings is 1. The minimum atomic E-state index is -4.16. The smallest absolute Gasteiger partial charge is 0.330 e. The fourth-order valence-corrected chi connectivity index (χ4v) is 1.17. The van der Waals surface area contributed by atoms with Crippen LogP contribution in [0, 0.1) is 11.3 Å². The van der Waals surface area contributed by atoms with Crippen molar-refractivity contribution in [2.24, 2.45) is 0 Å². The van der Waals surface area contributed by atoms with E-state index in [0.717, 1.165) is 0 Å². The Morgan fingerprint density at radius 2 is 1.89 bits per heavy atom. The molecule has 104 valence electrons. The highest BCUT2D eigenvalue weighted by atomic mass is 19.3. The van der Waals surface area contributed by atoms with Gasteiger partial charge in [-0.2, -0.15) is 14.0 Å². The molecule has 1 aromatic carbocycles. The van der Waals surface area contributed by atoms with Gasteiger partial charge in [0.15, 0.2) is 0 Å². The molecule has 0 saturated heterocycles. The first-order valence-corrected chi connectivity index (χ1v) is 5.33. The first kappa shape index (κ1) is 15.2. The van der Waals surface area contributed by atoms with Crippen molar-refractivity contribution in [3.63, 3.8) is 0 Å². The summed E-state index contributed by atoms with van der Waals surface area (Å²) in [5.41, 5.74) is 0.292. The third-order valence-electron chi connectivity index (χ3n) is 2.11. The molecule has 7 heteroatoms. The highest BCUT2D eigenvalue weighted by Crippen LogP contribution is 2.22. The van der Waals surface area contributed by atoms with Crippen LogP contribution in [-0.4, -0.2) is 32.2 Å². The van der Waals surface area contributed by atoms with Gasteiger partial charge in [-0.15, -0.1) is 0 Å². The van der Waals surface area contributed by atoms with Crippen molar-refractivity contribution in [2.75, 3.05) is 19.8 Å². The van der Waals surface area contributed by atoms with E-state index in [0.29, 0.717) is 5.56 Å². The van der Waals surface area contributed by atoms with Crippen LogP contribution < -0.4 is 4.74 Å². The van der Waals surface area contributed by atoms with Crippen LogP contribution in [0.25, 0.3) is 0 Å². The molecule has 0 fully saturated rings. The number of ether oxygens (including phenoxy) is 2.